The molecule has 3 amide bonds. The van der Waals surface area contributed by atoms with Crippen molar-refractivity contribution in [2.45, 2.75) is 73.1 Å². The molecule has 0 radical (unpaired) electrons. The van der Waals surface area contributed by atoms with Crippen LogP contribution in [0, 0.1) is 19.8 Å². The van der Waals surface area contributed by atoms with Crippen LogP contribution in [0.1, 0.15) is 64.3 Å². The van der Waals surface area contributed by atoms with Crippen LogP contribution in [-0.4, -0.2) is 48.1 Å². The van der Waals surface area contributed by atoms with Crippen LogP contribution in [0.25, 0.3) is 0 Å². The Bertz CT molecular complexity index is 1070. The molecule has 8 nitrogen and oxygen atoms in total. The minimum atomic E-state index is -0.914. The van der Waals surface area contributed by atoms with Gasteiger partial charge < -0.3 is 25.0 Å². The van der Waals surface area contributed by atoms with E-state index in [1.165, 1.54) is 4.90 Å². The first-order valence-corrected chi connectivity index (χ1v) is 12.6. The number of ether oxygens (including phenoxy) is 2. The smallest absolute Gasteiger partial charge is 0.408 e. The topological polar surface area (TPSA) is 97.0 Å². The van der Waals surface area contributed by atoms with E-state index in [2.05, 4.69) is 10.6 Å². The summed E-state index contributed by atoms with van der Waals surface area (Å²) in [6, 6.07) is 11.0. The molecule has 2 aromatic carbocycles. The van der Waals surface area contributed by atoms with Gasteiger partial charge in [-0.15, -0.1) is 0 Å². The van der Waals surface area contributed by atoms with Crippen molar-refractivity contribution >= 4 is 23.6 Å². The second-order valence-electron chi connectivity index (χ2n) is 10.4. The number of nitrogens with one attached hydrogen (secondary N) is 2. The molecule has 0 saturated carbocycles. The Labute approximate surface area is 220 Å². The van der Waals surface area contributed by atoms with Crippen molar-refractivity contribution in [2.24, 2.45) is 5.92 Å². The first-order valence-electron chi connectivity index (χ1n) is 12.6. The van der Waals surface area contributed by atoms with Crippen LogP contribution in [0.5, 0.6) is 5.75 Å². The van der Waals surface area contributed by atoms with Gasteiger partial charge in [0.1, 0.15) is 23.4 Å². The van der Waals surface area contributed by atoms with E-state index in [4.69, 9.17) is 9.47 Å². The molecule has 2 atom stereocenters. The first-order chi connectivity index (χ1) is 17.3. The van der Waals surface area contributed by atoms with Gasteiger partial charge in [-0.3, -0.25) is 9.59 Å². The zero-order chi connectivity index (χ0) is 27.9. The van der Waals surface area contributed by atoms with E-state index in [-0.39, 0.29) is 24.3 Å². The fourth-order valence-electron chi connectivity index (χ4n) is 4.16. The normalized spacial score (nSPS) is 12.9. The predicted molar refractivity (Wildman–Crippen MR) is 146 cm³/mol. The lowest BCUT2D eigenvalue weighted by Gasteiger charge is -2.36. The molecule has 0 aromatic heterocycles. The Kier molecular flexibility index (Phi) is 10.1. The number of hydrogen-bond acceptors (Lipinski definition) is 5. The third-order valence-corrected chi connectivity index (χ3v) is 5.96. The largest absolute Gasteiger partial charge is 0.497 e. The quantitative estimate of drug-likeness (QED) is 0.471. The molecule has 0 fully saturated rings. The van der Waals surface area contributed by atoms with Crippen LogP contribution in [0.2, 0.25) is 0 Å². The Morgan fingerprint density at radius 2 is 1.54 bits per heavy atom. The monoisotopic (exact) mass is 511 g/mol. The fourth-order valence-corrected chi connectivity index (χ4v) is 4.16. The predicted octanol–water partition coefficient (Wildman–Crippen LogP) is 5.39. The van der Waals surface area contributed by atoms with Crippen LogP contribution in [0.3, 0.4) is 0 Å². The summed E-state index contributed by atoms with van der Waals surface area (Å²) in [4.78, 5) is 41.9. The number of anilines is 1. The number of likely N-dealkylation sites (N-methyl/N-ethyl adjacent to an activating group) is 1. The summed E-state index contributed by atoms with van der Waals surface area (Å²) < 4.78 is 10.6. The molecule has 0 aliphatic rings. The highest BCUT2D eigenvalue weighted by molar-refractivity contribution is 5.99. The number of benzene rings is 2. The van der Waals surface area contributed by atoms with Gasteiger partial charge in [0.05, 0.1) is 7.11 Å². The van der Waals surface area contributed by atoms with Crippen molar-refractivity contribution < 1.29 is 23.9 Å². The van der Waals surface area contributed by atoms with E-state index < -0.39 is 23.8 Å². The molecule has 202 valence electrons. The lowest BCUT2D eigenvalue weighted by atomic mass is 9.92. The van der Waals surface area contributed by atoms with Gasteiger partial charge >= 0.3 is 6.09 Å². The van der Waals surface area contributed by atoms with Gasteiger partial charge in [-0.05, 0) is 88.4 Å². The van der Waals surface area contributed by atoms with Gasteiger partial charge in [-0.1, -0.05) is 32.0 Å². The Balaban J connectivity index is 2.49. The summed E-state index contributed by atoms with van der Waals surface area (Å²) >= 11 is 0. The zero-order valence-corrected chi connectivity index (χ0v) is 23.5. The highest BCUT2D eigenvalue weighted by atomic mass is 16.6. The third-order valence-electron chi connectivity index (χ3n) is 5.96. The second kappa shape index (κ2) is 12.6. The molecule has 0 saturated heterocycles. The Morgan fingerprint density at radius 3 is 2.00 bits per heavy atom. The Morgan fingerprint density at radius 1 is 0.973 bits per heavy atom. The number of carbonyl (C=O) groups is 3. The van der Waals surface area contributed by atoms with Crippen LogP contribution in [0.15, 0.2) is 42.5 Å². The number of alkyl carbamates (subject to hydrolysis) is 1. The van der Waals surface area contributed by atoms with Crippen LogP contribution >= 0.6 is 0 Å². The molecule has 0 heterocycles. The number of carbonyl (C=O) groups excluding carboxylic acids is 3. The summed E-state index contributed by atoms with van der Waals surface area (Å²) in [5.74, 6) is -0.279. The van der Waals surface area contributed by atoms with Crippen LogP contribution in [-0.2, 0) is 14.3 Å². The maximum Gasteiger partial charge on any atom is 0.408 e. The molecule has 0 spiro atoms. The van der Waals surface area contributed by atoms with Gasteiger partial charge in [0.25, 0.3) is 5.91 Å². The Hall–Kier alpha value is -3.55. The molecule has 2 N–H and O–H groups in total. The molecule has 8 heteroatoms. The van der Waals surface area contributed by atoms with Crippen LogP contribution in [0.4, 0.5) is 10.5 Å². The van der Waals surface area contributed by atoms with Gasteiger partial charge in [-0.2, -0.15) is 0 Å². The number of methoxy groups -OCH3 is 1. The summed E-state index contributed by atoms with van der Waals surface area (Å²) in [7, 11) is 1.58. The molecular formula is C29H41N3O5. The number of aryl methyl sites for hydroxylation is 2. The van der Waals surface area contributed by atoms with Gasteiger partial charge in [0, 0.05) is 12.2 Å². The highest BCUT2D eigenvalue weighted by Gasteiger charge is 2.38. The first kappa shape index (κ1) is 29.7. The summed E-state index contributed by atoms with van der Waals surface area (Å²) in [6.07, 6.45) is -0.679. The molecule has 0 bridgehead atoms. The van der Waals surface area contributed by atoms with E-state index >= 15 is 0 Å². The van der Waals surface area contributed by atoms with Crippen molar-refractivity contribution in [3.63, 3.8) is 0 Å². The average Bonchev–Trinajstić information content (AvgIpc) is 2.80. The van der Waals surface area contributed by atoms with E-state index in [9.17, 15) is 14.4 Å². The number of rotatable bonds is 9. The summed E-state index contributed by atoms with van der Waals surface area (Å²) in [6.45, 7) is 14.9. The minimum Gasteiger partial charge on any atom is -0.497 e. The van der Waals surface area contributed by atoms with Gasteiger partial charge in [-0.25, -0.2) is 4.79 Å². The molecule has 2 unspecified atom stereocenters. The standard InChI is InChI=1S/C29H41N3O5/c1-10-32(27(34)24(18(2)3)31-28(35)37-29(6,7)8)25(23-19(4)12-11-13-20(23)5)26(33)30-21-14-16-22(36-9)17-15-21/h11-18,24-25H,10H2,1-9H3,(H,30,33)(H,31,35). The van der Waals surface area contributed by atoms with Gasteiger partial charge in [0.2, 0.25) is 5.91 Å². The maximum absolute atomic E-state index is 14.0. The van der Waals surface area contributed by atoms with E-state index in [0.29, 0.717) is 11.4 Å². The van der Waals surface area contributed by atoms with Gasteiger partial charge in [0.15, 0.2) is 0 Å². The van der Waals surface area contributed by atoms with Crippen molar-refractivity contribution in [3.8, 4) is 5.75 Å². The minimum absolute atomic E-state index is 0.239. The molecule has 0 aliphatic heterocycles. The third kappa shape index (κ3) is 7.97. The maximum atomic E-state index is 14.0. The molecule has 2 aromatic rings. The molecule has 0 aliphatic carbocycles. The summed E-state index contributed by atoms with van der Waals surface area (Å²) in [5, 5.41) is 5.68. The highest BCUT2D eigenvalue weighted by Crippen LogP contribution is 2.30. The lowest BCUT2D eigenvalue weighted by Crippen LogP contribution is -2.54. The summed E-state index contributed by atoms with van der Waals surface area (Å²) in [5.41, 5.74) is 2.41. The van der Waals surface area contributed by atoms with Crippen LogP contribution < -0.4 is 15.4 Å². The SMILES string of the molecule is CCN(C(=O)C(NC(=O)OC(C)(C)C)C(C)C)C(C(=O)Nc1ccc(OC)cc1)c1c(C)cccc1C. The number of nitrogens with zero attached hydrogens (tertiary/aromatic N) is 1. The van der Waals surface area contributed by atoms with E-state index in [1.54, 1.807) is 52.1 Å². The zero-order valence-electron chi connectivity index (χ0n) is 23.5. The average molecular weight is 512 g/mol. The van der Waals surface area contributed by atoms with Crippen molar-refractivity contribution in [1.29, 1.82) is 0 Å². The van der Waals surface area contributed by atoms with E-state index in [0.717, 1.165) is 16.7 Å². The number of amides is 3. The number of hydrogen-bond donors (Lipinski definition) is 2. The van der Waals surface area contributed by atoms with E-state index in [1.807, 2.05) is 52.8 Å². The second-order valence-corrected chi connectivity index (χ2v) is 10.4. The van der Waals surface area contributed by atoms with Crippen molar-refractivity contribution in [1.82, 2.24) is 10.2 Å². The molecule has 37 heavy (non-hydrogen) atoms. The van der Waals surface area contributed by atoms with Crippen molar-refractivity contribution in [2.75, 3.05) is 19.0 Å². The lowest BCUT2D eigenvalue weighted by molar-refractivity contribution is -0.141. The van der Waals surface area contributed by atoms with Crippen molar-refractivity contribution in [3.05, 3.63) is 59.2 Å². The molecular weight excluding hydrogens is 470 g/mol. The fraction of sp³-hybridized carbons (Fsp3) is 0.483. The molecule has 2 rings (SSSR count).